The number of halogens is 1. The Hall–Kier alpha value is -1.13. The first-order valence-corrected chi connectivity index (χ1v) is 5.77. The van der Waals surface area contributed by atoms with Crippen LogP contribution in [0.2, 0.25) is 0 Å². The molecular weight excluding hydrogens is 246 g/mol. The maximum atomic E-state index is 11.4. The topological polar surface area (TPSA) is 38.3 Å². The lowest BCUT2D eigenvalue weighted by Gasteiger charge is -2.25. The summed E-state index contributed by atoms with van der Waals surface area (Å²) in [5.74, 6) is 0.559. The zero-order valence-electron chi connectivity index (χ0n) is 8.62. The largest absolute Gasteiger partial charge is 0.481 e. The Morgan fingerprint density at radius 2 is 2.38 bits per heavy atom. The van der Waals surface area contributed by atoms with Gasteiger partial charge in [0.05, 0.1) is 11.6 Å². The molecular formula is C11H10ClNO2S. The fourth-order valence-electron chi connectivity index (χ4n) is 1.46. The van der Waals surface area contributed by atoms with Crippen LogP contribution in [0.25, 0.3) is 0 Å². The number of hydrogen-bond donors (Lipinski definition) is 1. The number of ether oxygens (including phenoxy) is 1. The molecule has 1 aliphatic heterocycles. The van der Waals surface area contributed by atoms with Crippen LogP contribution in [0.3, 0.4) is 0 Å². The number of alkyl halides is 1. The number of benzene rings is 1. The van der Waals surface area contributed by atoms with E-state index >= 15 is 0 Å². The summed E-state index contributed by atoms with van der Waals surface area (Å²) in [5, 5.41) is 3.04. The molecule has 0 fully saturated rings. The minimum Gasteiger partial charge on any atom is -0.481 e. The van der Waals surface area contributed by atoms with Crippen molar-refractivity contribution >= 4 is 40.3 Å². The van der Waals surface area contributed by atoms with Crippen molar-refractivity contribution in [3.8, 4) is 5.75 Å². The van der Waals surface area contributed by atoms with Gasteiger partial charge in [0.1, 0.15) is 16.8 Å². The fraction of sp³-hybridized carbons (Fsp3) is 0.273. The van der Waals surface area contributed by atoms with E-state index in [1.54, 1.807) is 18.2 Å². The van der Waals surface area contributed by atoms with Gasteiger partial charge >= 0.3 is 0 Å². The number of anilines is 1. The molecule has 1 N–H and O–H groups in total. The van der Waals surface area contributed by atoms with E-state index in [0.29, 0.717) is 16.3 Å². The molecule has 0 bridgehead atoms. The Morgan fingerprint density at radius 3 is 3.06 bits per heavy atom. The highest BCUT2D eigenvalue weighted by Gasteiger charge is 2.21. The van der Waals surface area contributed by atoms with Crippen molar-refractivity contribution in [3.63, 3.8) is 0 Å². The Labute approximate surface area is 104 Å². The van der Waals surface area contributed by atoms with Crippen molar-refractivity contribution in [3.05, 3.63) is 23.8 Å². The first-order chi connectivity index (χ1) is 7.61. The highest BCUT2D eigenvalue weighted by molar-refractivity contribution is 7.80. The van der Waals surface area contributed by atoms with Gasteiger partial charge in [-0.05, 0) is 25.1 Å². The third-order valence-electron chi connectivity index (χ3n) is 2.35. The second-order valence-electron chi connectivity index (χ2n) is 3.52. The van der Waals surface area contributed by atoms with Gasteiger partial charge in [-0.25, -0.2) is 0 Å². The smallest absolute Gasteiger partial charge is 0.177 e. The minimum absolute atomic E-state index is 0.0273. The molecule has 1 unspecified atom stereocenters. The number of ketones is 1. The quantitative estimate of drug-likeness (QED) is 0.501. The molecule has 3 nitrogen and oxygen atoms in total. The van der Waals surface area contributed by atoms with E-state index in [1.165, 1.54) is 0 Å². The average molecular weight is 256 g/mol. The summed E-state index contributed by atoms with van der Waals surface area (Å²) in [5.41, 5.74) is 1.28. The number of nitrogens with one attached hydrogen (secondary N) is 1. The summed E-state index contributed by atoms with van der Waals surface area (Å²) in [6.07, 6.45) is -0.142. The van der Waals surface area contributed by atoms with Crippen LogP contribution >= 0.6 is 23.8 Å². The van der Waals surface area contributed by atoms with Gasteiger partial charge in [0.15, 0.2) is 5.78 Å². The molecule has 1 aromatic carbocycles. The molecule has 84 valence electrons. The number of carbonyl (C=O) groups excluding carboxylic acids is 1. The average Bonchev–Trinajstić information content (AvgIpc) is 2.29. The predicted octanol–water partition coefficient (Wildman–Crippen LogP) is 2.63. The highest BCUT2D eigenvalue weighted by Crippen LogP contribution is 2.30. The third-order valence-corrected chi connectivity index (χ3v) is 3.03. The van der Waals surface area contributed by atoms with Gasteiger partial charge in [-0.2, -0.15) is 0 Å². The van der Waals surface area contributed by atoms with E-state index in [2.05, 4.69) is 5.32 Å². The Balaban J connectivity index is 2.36. The Morgan fingerprint density at radius 1 is 1.62 bits per heavy atom. The van der Waals surface area contributed by atoms with Crippen molar-refractivity contribution in [1.29, 1.82) is 0 Å². The van der Waals surface area contributed by atoms with E-state index in [0.717, 1.165) is 5.69 Å². The molecule has 16 heavy (non-hydrogen) atoms. The van der Waals surface area contributed by atoms with E-state index in [-0.39, 0.29) is 17.8 Å². The van der Waals surface area contributed by atoms with Gasteiger partial charge in [0, 0.05) is 5.56 Å². The fourth-order valence-corrected chi connectivity index (χ4v) is 1.77. The number of hydrogen-bond acceptors (Lipinski definition) is 3. The van der Waals surface area contributed by atoms with Gasteiger partial charge < -0.3 is 10.1 Å². The molecule has 0 aromatic heterocycles. The van der Waals surface area contributed by atoms with Crippen LogP contribution in [0.5, 0.6) is 5.75 Å². The van der Waals surface area contributed by atoms with Gasteiger partial charge in [-0.3, -0.25) is 4.79 Å². The molecule has 1 atom stereocenters. The van der Waals surface area contributed by atoms with Gasteiger partial charge in [0.2, 0.25) is 0 Å². The van der Waals surface area contributed by atoms with Gasteiger partial charge in [-0.15, -0.1) is 11.6 Å². The molecule has 0 radical (unpaired) electrons. The molecule has 1 aliphatic rings. The van der Waals surface area contributed by atoms with Crippen LogP contribution < -0.4 is 10.1 Å². The van der Waals surface area contributed by atoms with E-state index in [9.17, 15) is 4.79 Å². The molecule has 0 saturated carbocycles. The predicted molar refractivity (Wildman–Crippen MR) is 67.8 cm³/mol. The van der Waals surface area contributed by atoms with Crippen LogP contribution in [-0.2, 0) is 0 Å². The van der Waals surface area contributed by atoms with Crippen molar-refractivity contribution in [2.75, 3.05) is 11.2 Å². The summed E-state index contributed by atoms with van der Waals surface area (Å²) in [6.45, 7) is 1.87. The lowest BCUT2D eigenvalue weighted by Crippen LogP contribution is -2.33. The molecule has 5 heteroatoms. The second-order valence-corrected chi connectivity index (χ2v) is 4.22. The number of carbonyl (C=O) groups is 1. The lowest BCUT2D eigenvalue weighted by atomic mass is 10.1. The highest BCUT2D eigenvalue weighted by atomic mass is 35.5. The number of thiocarbonyl (C=S) groups is 1. The number of rotatable bonds is 2. The molecule has 1 aromatic rings. The summed E-state index contributed by atoms with van der Waals surface area (Å²) in [6, 6.07) is 5.16. The monoisotopic (exact) mass is 255 g/mol. The maximum Gasteiger partial charge on any atom is 0.177 e. The first-order valence-electron chi connectivity index (χ1n) is 4.82. The first kappa shape index (κ1) is 11.4. The summed E-state index contributed by atoms with van der Waals surface area (Å²) >= 11 is 10.6. The third kappa shape index (κ3) is 2.03. The molecule has 0 saturated heterocycles. The molecule has 0 aliphatic carbocycles. The van der Waals surface area contributed by atoms with Crippen molar-refractivity contribution in [2.45, 2.75) is 13.0 Å². The summed E-state index contributed by atoms with van der Waals surface area (Å²) in [7, 11) is 0. The normalized spacial score (nSPS) is 18.4. The molecule has 1 heterocycles. The SMILES string of the molecule is CC1Oc2ccc(C(=O)CCl)cc2NC1=S. The molecule has 0 spiro atoms. The van der Waals surface area contributed by atoms with Crippen molar-refractivity contribution < 1.29 is 9.53 Å². The lowest BCUT2D eigenvalue weighted by molar-refractivity contribution is 0.102. The zero-order valence-corrected chi connectivity index (χ0v) is 10.2. The number of Topliss-reactive ketones (excluding diaryl/α,β-unsaturated/α-hetero) is 1. The van der Waals surface area contributed by atoms with Crippen LogP contribution in [-0.4, -0.2) is 22.8 Å². The standard InChI is InChI=1S/C11H10ClNO2S/c1-6-11(16)13-8-4-7(9(14)5-12)2-3-10(8)15-6/h2-4,6H,5H2,1H3,(H,13,16). The Kier molecular flexibility index (Phi) is 3.12. The van der Waals surface area contributed by atoms with E-state index < -0.39 is 0 Å². The van der Waals surface area contributed by atoms with Crippen LogP contribution in [0, 0.1) is 0 Å². The van der Waals surface area contributed by atoms with Crippen LogP contribution in [0.15, 0.2) is 18.2 Å². The van der Waals surface area contributed by atoms with E-state index in [4.69, 9.17) is 28.6 Å². The summed E-state index contributed by atoms with van der Waals surface area (Å²) in [4.78, 5) is 12.0. The van der Waals surface area contributed by atoms with Crippen LogP contribution in [0.4, 0.5) is 5.69 Å². The maximum absolute atomic E-state index is 11.4. The molecule has 0 amide bonds. The van der Waals surface area contributed by atoms with Crippen molar-refractivity contribution in [1.82, 2.24) is 0 Å². The van der Waals surface area contributed by atoms with Gasteiger partial charge in [0.25, 0.3) is 0 Å². The minimum atomic E-state index is -0.142. The number of fused-ring (bicyclic) bond motifs is 1. The zero-order chi connectivity index (χ0) is 11.7. The van der Waals surface area contributed by atoms with Gasteiger partial charge in [-0.1, -0.05) is 12.2 Å². The summed E-state index contributed by atoms with van der Waals surface area (Å²) < 4.78 is 5.56. The second kappa shape index (κ2) is 4.39. The van der Waals surface area contributed by atoms with Crippen LogP contribution in [0.1, 0.15) is 17.3 Å². The molecule has 2 rings (SSSR count). The Bertz CT molecular complexity index is 461. The van der Waals surface area contributed by atoms with E-state index in [1.807, 2.05) is 6.92 Å². The van der Waals surface area contributed by atoms with Crippen molar-refractivity contribution in [2.24, 2.45) is 0 Å².